The molecule has 1 atom stereocenters. The molecule has 3 N–H and O–H groups in total. The molecule has 0 aromatic carbocycles. The van der Waals surface area contributed by atoms with Gasteiger partial charge < -0.3 is 0 Å². The van der Waals surface area contributed by atoms with Gasteiger partial charge in [-0.15, -0.1) is 10.2 Å². The summed E-state index contributed by atoms with van der Waals surface area (Å²) in [6, 6.07) is 0.309. The quantitative estimate of drug-likeness (QED) is 0.461. The molecule has 1 fully saturated rings. The lowest BCUT2D eigenvalue weighted by atomic mass is 10.1. The van der Waals surface area contributed by atoms with Gasteiger partial charge in [-0.05, 0) is 24.0 Å². The van der Waals surface area contributed by atoms with Crippen molar-refractivity contribution in [2.24, 2.45) is 18.8 Å². The van der Waals surface area contributed by atoms with E-state index < -0.39 is 0 Å². The zero-order chi connectivity index (χ0) is 9.26. The Morgan fingerprint density at radius 1 is 1.69 bits per heavy atom. The van der Waals surface area contributed by atoms with Crippen LogP contribution in [-0.4, -0.2) is 26.2 Å². The van der Waals surface area contributed by atoms with Gasteiger partial charge in [-0.1, -0.05) is 0 Å². The van der Waals surface area contributed by atoms with Crippen LogP contribution in [0.1, 0.15) is 18.7 Å². The van der Waals surface area contributed by atoms with E-state index in [0.717, 1.165) is 12.2 Å². The van der Waals surface area contributed by atoms with E-state index >= 15 is 0 Å². The summed E-state index contributed by atoms with van der Waals surface area (Å²) >= 11 is 0. The smallest absolute Gasteiger partial charge is 0.176 e. The maximum absolute atomic E-state index is 5.44. The van der Waals surface area contributed by atoms with Crippen molar-refractivity contribution in [3.63, 3.8) is 0 Å². The van der Waals surface area contributed by atoms with E-state index in [1.807, 2.05) is 0 Å². The van der Waals surface area contributed by atoms with Crippen molar-refractivity contribution in [3.05, 3.63) is 5.82 Å². The highest BCUT2D eigenvalue weighted by atomic mass is 15.6. The molecule has 2 rings (SSSR count). The zero-order valence-corrected chi connectivity index (χ0v) is 7.64. The van der Waals surface area contributed by atoms with Crippen molar-refractivity contribution in [2.75, 3.05) is 0 Å². The molecule has 0 amide bonds. The van der Waals surface area contributed by atoms with Gasteiger partial charge in [0.2, 0.25) is 0 Å². The molecule has 72 valence electrons. The number of aromatic nitrogens is 4. The molecular weight excluding hydrogens is 168 g/mol. The van der Waals surface area contributed by atoms with Crippen LogP contribution in [-0.2, 0) is 13.5 Å². The molecule has 13 heavy (non-hydrogen) atoms. The first-order valence-electron chi connectivity index (χ1n) is 4.48. The predicted octanol–water partition coefficient (Wildman–Crippen LogP) is -1.01. The van der Waals surface area contributed by atoms with E-state index in [0.29, 0.717) is 12.0 Å². The number of aryl methyl sites for hydroxylation is 1. The monoisotopic (exact) mass is 182 g/mol. The van der Waals surface area contributed by atoms with Gasteiger partial charge in [0, 0.05) is 12.5 Å². The first-order chi connectivity index (χ1) is 6.29. The molecule has 0 aliphatic heterocycles. The van der Waals surface area contributed by atoms with E-state index in [1.54, 1.807) is 7.05 Å². The summed E-state index contributed by atoms with van der Waals surface area (Å²) in [5.74, 6) is 6.90. The van der Waals surface area contributed by atoms with Crippen LogP contribution in [0.25, 0.3) is 0 Å². The molecule has 1 aliphatic rings. The Morgan fingerprint density at radius 3 is 2.92 bits per heavy atom. The van der Waals surface area contributed by atoms with Crippen LogP contribution < -0.4 is 11.3 Å². The second-order valence-corrected chi connectivity index (χ2v) is 3.51. The number of rotatable bonds is 4. The third-order valence-electron chi connectivity index (χ3n) is 2.36. The fourth-order valence-corrected chi connectivity index (χ4v) is 1.46. The summed E-state index contributed by atoms with van der Waals surface area (Å²) in [4.78, 5) is 1.47. The summed E-state index contributed by atoms with van der Waals surface area (Å²) < 4.78 is 0. The van der Waals surface area contributed by atoms with Crippen molar-refractivity contribution < 1.29 is 0 Å². The molecule has 1 aromatic rings. The largest absolute Gasteiger partial charge is 0.271 e. The number of tetrazole rings is 1. The lowest BCUT2D eigenvalue weighted by Gasteiger charge is -2.11. The van der Waals surface area contributed by atoms with Crippen LogP contribution >= 0.6 is 0 Å². The molecule has 6 nitrogen and oxygen atoms in total. The Morgan fingerprint density at radius 2 is 2.46 bits per heavy atom. The molecule has 0 saturated heterocycles. The van der Waals surface area contributed by atoms with Gasteiger partial charge in [0.15, 0.2) is 5.82 Å². The average Bonchev–Trinajstić information content (AvgIpc) is 2.87. The Bertz CT molecular complexity index is 278. The number of hydrogen-bond donors (Lipinski definition) is 2. The molecule has 1 unspecified atom stereocenters. The van der Waals surface area contributed by atoms with Crippen LogP contribution in [0.3, 0.4) is 0 Å². The number of hydrazine groups is 1. The highest BCUT2D eigenvalue weighted by Gasteiger charge is 2.31. The van der Waals surface area contributed by atoms with E-state index in [2.05, 4.69) is 20.8 Å². The van der Waals surface area contributed by atoms with E-state index in [1.165, 1.54) is 17.6 Å². The van der Waals surface area contributed by atoms with Crippen molar-refractivity contribution in [1.82, 2.24) is 25.6 Å². The second kappa shape index (κ2) is 3.39. The standard InChI is InChI=1S/C7H14N6/c1-13-11-7(10-12-13)4-6(9-8)5-2-3-5/h5-6,9H,2-4,8H2,1H3. The molecule has 1 aromatic heterocycles. The van der Waals surface area contributed by atoms with Gasteiger partial charge in [-0.2, -0.15) is 4.80 Å². The first-order valence-corrected chi connectivity index (χ1v) is 4.48. The van der Waals surface area contributed by atoms with Gasteiger partial charge in [0.05, 0.1) is 7.05 Å². The van der Waals surface area contributed by atoms with Gasteiger partial charge in [0.25, 0.3) is 0 Å². The minimum absolute atomic E-state index is 0.309. The highest BCUT2D eigenvalue weighted by Crippen LogP contribution is 2.33. The van der Waals surface area contributed by atoms with E-state index in [9.17, 15) is 0 Å². The van der Waals surface area contributed by atoms with Gasteiger partial charge >= 0.3 is 0 Å². The first kappa shape index (κ1) is 8.58. The minimum Gasteiger partial charge on any atom is -0.271 e. The zero-order valence-electron chi connectivity index (χ0n) is 7.64. The summed E-state index contributed by atoms with van der Waals surface area (Å²) in [5, 5.41) is 11.8. The van der Waals surface area contributed by atoms with Crippen molar-refractivity contribution >= 4 is 0 Å². The second-order valence-electron chi connectivity index (χ2n) is 3.51. The summed E-state index contributed by atoms with van der Waals surface area (Å²) in [6.07, 6.45) is 3.29. The molecule has 0 bridgehead atoms. The van der Waals surface area contributed by atoms with E-state index in [-0.39, 0.29) is 0 Å². The van der Waals surface area contributed by atoms with Crippen molar-refractivity contribution in [1.29, 1.82) is 0 Å². The van der Waals surface area contributed by atoms with Gasteiger partial charge in [-0.25, -0.2) is 0 Å². The van der Waals surface area contributed by atoms with Crippen molar-refractivity contribution in [3.8, 4) is 0 Å². The molecule has 1 saturated carbocycles. The third-order valence-corrected chi connectivity index (χ3v) is 2.36. The molecule has 6 heteroatoms. The Labute approximate surface area is 76.5 Å². The molecule has 0 radical (unpaired) electrons. The third kappa shape index (κ3) is 2.02. The Kier molecular flexibility index (Phi) is 2.24. The van der Waals surface area contributed by atoms with Crippen LogP contribution in [0.2, 0.25) is 0 Å². The van der Waals surface area contributed by atoms with E-state index in [4.69, 9.17) is 5.84 Å². The summed E-state index contributed by atoms with van der Waals surface area (Å²) in [7, 11) is 1.76. The number of nitrogens with zero attached hydrogens (tertiary/aromatic N) is 4. The minimum atomic E-state index is 0.309. The highest BCUT2D eigenvalue weighted by molar-refractivity contribution is 4.92. The van der Waals surface area contributed by atoms with Crippen LogP contribution in [0.5, 0.6) is 0 Å². The average molecular weight is 182 g/mol. The predicted molar refractivity (Wildman–Crippen MR) is 46.3 cm³/mol. The Hall–Kier alpha value is -1.01. The maximum atomic E-state index is 5.44. The van der Waals surface area contributed by atoms with Crippen LogP contribution in [0.15, 0.2) is 0 Å². The van der Waals surface area contributed by atoms with Gasteiger partial charge in [0.1, 0.15) is 0 Å². The van der Waals surface area contributed by atoms with Crippen LogP contribution in [0.4, 0.5) is 0 Å². The lowest BCUT2D eigenvalue weighted by Crippen LogP contribution is -2.38. The molecule has 1 aliphatic carbocycles. The SMILES string of the molecule is Cn1nnc(CC(NN)C2CC2)n1. The number of hydrogen-bond acceptors (Lipinski definition) is 5. The maximum Gasteiger partial charge on any atom is 0.176 e. The number of nitrogens with two attached hydrogens (primary N) is 1. The van der Waals surface area contributed by atoms with Crippen LogP contribution in [0, 0.1) is 5.92 Å². The van der Waals surface area contributed by atoms with Gasteiger partial charge in [-0.3, -0.25) is 11.3 Å². The summed E-state index contributed by atoms with van der Waals surface area (Å²) in [6.45, 7) is 0. The normalized spacial score (nSPS) is 18.9. The molecular formula is C7H14N6. The lowest BCUT2D eigenvalue weighted by molar-refractivity contribution is 0.462. The fraction of sp³-hybridized carbons (Fsp3) is 0.857. The Balaban J connectivity index is 1.95. The topological polar surface area (TPSA) is 81.7 Å². The summed E-state index contributed by atoms with van der Waals surface area (Å²) in [5.41, 5.74) is 2.80. The molecule has 1 heterocycles. The molecule has 0 spiro atoms. The van der Waals surface area contributed by atoms with Crippen molar-refractivity contribution in [2.45, 2.75) is 25.3 Å². The number of nitrogens with one attached hydrogen (secondary N) is 1. The fourth-order valence-electron chi connectivity index (χ4n) is 1.46.